The topological polar surface area (TPSA) is 90.6 Å². The maximum absolute atomic E-state index is 12.5. The summed E-state index contributed by atoms with van der Waals surface area (Å²) in [5.74, 6) is 2.33. The third kappa shape index (κ3) is 3.53. The normalized spacial score (nSPS) is 16.4. The number of hydrogen-bond donors (Lipinski definition) is 0. The van der Waals surface area contributed by atoms with Crippen LogP contribution in [-0.2, 0) is 11.3 Å². The molecule has 8 heteroatoms. The van der Waals surface area contributed by atoms with E-state index in [1.165, 1.54) is 0 Å². The monoisotopic (exact) mass is 380 g/mol. The molecule has 1 unspecified atom stereocenters. The second-order valence-electron chi connectivity index (χ2n) is 6.55. The third-order valence-electron chi connectivity index (χ3n) is 4.80. The number of benzene rings is 1. The Labute approximate surface area is 162 Å². The van der Waals surface area contributed by atoms with Crippen molar-refractivity contribution in [3.63, 3.8) is 0 Å². The average Bonchev–Trinajstić information content (AvgIpc) is 3.36. The van der Waals surface area contributed by atoms with E-state index in [2.05, 4.69) is 15.1 Å². The van der Waals surface area contributed by atoms with Gasteiger partial charge in [-0.1, -0.05) is 5.16 Å². The van der Waals surface area contributed by atoms with E-state index in [-0.39, 0.29) is 11.8 Å². The zero-order chi connectivity index (χ0) is 19.5. The number of carbonyl (C=O) groups is 1. The molecule has 0 spiro atoms. The molecule has 0 radical (unpaired) electrons. The Morgan fingerprint density at radius 1 is 1.18 bits per heavy atom. The molecule has 0 N–H and O–H groups in total. The largest absolute Gasteiger partial charge is 0.497 e. The van der Waals surface area contributed by atoms with Gasteiger partial charge in [-0.3, -0.25) is 9.78 Å². The van der Waals surface area contributed by atoms with Crippen molar-refractivity contribution in [2.45, 2.75) is 18.9 Å². The number of nitrogens with zero attached hydrogens (tertiary/aromatic N) is 4. The first-order chi connectivity index (χ1) is 13.7. The summed E-state index contributed by atoms with van der Waals surface area (Å²) in [6.45, 7) is 0.987. The van der Waals surface area contributed by atoms with Crippen molar-refractivity contribution in [3.05, 3.63) is 54.1 Å². The zero-order valence-corrected chi connectivity index (χ0v) is 15.7. The van der Waals surface area contributed by atoms with Crippen molar-refractivity contribution >= 4 is 5.91 Å². The summed E-state index contributed by atoms with van der Waals surface area (Å²) in [5.41, 5.74) is 1.72. The van der Waals surface area contributed by atoms with E-state index in [4.69, 9.17) is 14.0 Å². The molecule has 28 heavy (non-hydrogen) atoms. The van der Waals surface area contributed by atoms with Crippen LogP contribution < -0.4 is 9.47 Å². The van der Waals surface area contributed by atoms with E-state index in [9.17, 15) is 4.79 Å². The predicted molar refractivity (Wildman–Crippen MR) is 99.9 cm³/mol. The van der Waals surface area contributed by atoms with Gasteiger partial charge in [-0.25, -0.2) is 0 Å². The van der Waals surface area contributed by atoms with Crippen LogP contribution in [0.15, 0.2) is 47.2 Å². The number of hydrogen-bond acceptors (Lipinski definition) is 7. The molecular weight excluding hydrogens is 360 g/mol. The van der Waals surface area contributed by atoms with Crippen LogP contribution in [-0.4, -0.2) is 46.7 Å². The number of carbonyl (C=O) groups excluding carboxylic acids is 1. The highest BCUT2D eigenvalue weighted by Gasteiger charge is 2.34. The summed E-state index contributed by atoms with van der Waals surface area (Å²) in [6, 6.07) is 9.19. The van der Waals surface area contributed by atoms with Crippen LogP contribution in [0.2, 0.25) is 0 Å². The lowest BCUT2D eigenvalue weighted by Gasteiger charge is -2.18. The van der Waals surface area contributed by atoms with Crippen LogP contribution in [0.1, 0.15) is 23.7 Å². The lowest BCUT2D eigenvalue weighted by Crippen LogP contribution is -2.24. The van der Waals surface area contributed by atoms with Crippen LogP contribution in [0.3, 0.4) is 0 Å². The third-order valence-corrected chi connectivity index (χ3v) is 4.80. The quantitative estimate of drug-likeness (QED) is 0.649. The minimum atomic E-state index is -0.101. The number of rotatable bonds is 6. The Morgan fingerprint density at radius 2 is 2.00 bits per heavy atom. The van der Waals surface area contributed by atoms with Crippen LogP contribution in [0, 0.1) is 0 Å². The minimum absolute atomic E-state index is 0.0538. The fourth-order valence-electron chi connectivity index (χ4n) is 3.30. The van der Waals surface area contributed by atoms with E-state index in [0.717, 1.165) is 11.1 Å². The molecule has 1 aliphatic rings. The Kier molecular flexibility index (Phi) is 4.92. The molecule has 3 aromatic rings. The maximum atomic E-state index is 12.5. The number of likely N-dealkylation sites (tertiary alicyclic amines) is 1. The van der Waals surface area contributed by atoms with E-state index in [1.807, 2.05) is 18.2 Å². The second kappa shape index (κ2) is 7.67. The lowest BCUT2D eigenvalue weighted by atomic mass is 10.1. The van der Waals surface area contributed by atoms with Crippen LogP contribution in [0.25, 0.3) is 11.5 Å². The summed E-state index contributed by atoms with van der Waals surface area (Å²) in [6.07, 6.45) is 3.69. The molecule has 8 nitrogen and oxygen atoms in total. The van der Waals surface area contributed by atoms with Crippen LogP contribution in [0.5, 0.6) is 11.5 Å². The van der Waals surface area contributed by atoms with E-state index in [0.29, 0.717) is 42.7 Å². The number of methoxy groups -OCH3 is 2. The highest BCUT2D eigenvalue weighted by molar-refractivity contribution is 5.79. The molecule has 1 saturated heterocycles. The van der Waals surface area contributed by atoms with Gasteiger partial charge in [0.25, 0.3) is 5.89 Å². The standard InChI is InChI=1S/C20H20N4O4/c1-26-16-4-3-14(17(10-16)27-2)11-24-12-15(9-18(24)25)19-22-20(28-23-19)13-5-7-21-8-6-13/h3-8,10,15H,9,11-12H2,1-2H3. The van der Waals surface area contributed by atoms with E-state index < -0.39 is 0 Å². The van der Waals surface area contributed by atoms with Crippen molar-refractivity contribution in [2.75, 3.05) is 20.8 Å². The number of aromatic nitrogens is 3. The van der Waals surface area contributed by atoms with Crippen LogP contribution in [0.4, 0.5) is 0 Å². The van der Waals surface area contributed by atoms with Crippen molar-refractivity contribution in [1.29, 1.82) is 0 Å². The summed E-state index contributed by atoms with van der Waals surface area (Å²) in [5, 5.41) is 4.08. The van der Waals surface area contributed by atoms with Crippen molar-refractivity contribution in [1.82, 2.24) is 20.0 Å². The molecule has 1 fully saturated rings. The smallest absolute Gasteiger partial charge is 0.258 e. The molecule has 1 amide bonds. The molecule has 4 rings (SSSR count). The van der Waals surface area contributed by atoms with E-state index >= 15 is 0 Å². The van der Waals surface area contributed by atoms with Gasteiger partial charge in [0.15, 0.2) is 5.82 Å². The highest BCUT2D eigenvalue weighted by atomic mass is 16.5. The molecule has 1 aliphatic heterocycles. The zero-order valence-electron chi connectivity index (χ0n) is 15.7. The van der Waals surface area contributed by atoms with Gasteiger partial charge in [-0.05, 0) is 24.3 Å². The van der Waals surface area contributed by atoms with Crippen molar-refractivity contribution in [3.8, 4) is 23.0 Å². The maximum Gasteiger partial charge on any atom is 0.258 e. The summed E-state index contributed by atoms with van der Waals surface area (Å²) >= 11 is 0. The number of ether oxygens (including phenoxy) is 2. The molecule has 3 heterocycles. The van der Waals surface area contributed by atoms with Gasteiger partial charge in [0.1, 0.15) is 11.5 Å². The first-order valence-electron chi connectivity index (χ1n) is 8.90. The van der Waals surface area contributed by atoms with Gasteiger partial charge in [0.2, 0.25) is 5.91 Å². The summed E-state index contributed by atoms with van der Waals surface area (Å²) in [4.78, 5) is 22.8. The first-order valence-corrected chi connectivity index (χ1v) is 8.90. The fourth-order valence-corrected chi connectivity index (χ4v) is 3.30. The Hall–Kier alpha value is -3.42. The molecular formula is C20H20N4O4. The lowest BCUT2D eigenvalue weighted by molar-refractivity contribution is -0.128. The Bertz CT molecular complexity index is 973. The molecule has 0 bridgehead atoms. The predicted octanol–water partition coefficient (Wildman–Crippen LogP) is 2.66. The van der Waals surface area contributed by atoms with E-state index in [1.54, 1.807) is 43.6 Å². The van der Waals surface area contributed by atoms with Gasteiger partial charge in [-0.2, -0.15) is 4.98 Å². The molecule has 1 atom stereocenters. The Morgan fingerprint density at radius 3 is 2.75 bits per heavy atom. The molecule has 1 aromatic carbocycles. The number of amides is 1. The van der Waals surface area contributed by atoms with Gasteiger partial charge >= 0.3 is 0 Å². The minimum Gasteiger partial charge on any atom is -0.497 e. The van der Waals surface area contributed by atoms with Gasteiger partial charge in [-0.15, -0.1) is 0 Å². The average molecular weight is 380 g/mol. The summed E-state index contributed by atoms with van der Waals surface area (Å²) in [7, 11) is 3.21. The second-order valence-corrected chi connectivity index (χ2v) is 6.55. The SMILES string of the molecule is COc1ccc(CN2CC(c3noc(-c4ccncc4)n3)CC2=O)c(OC)c1. The Balaban J connectivity index is 1.48. The molecule has 0 saturated carbocycles. The van der Waals surface area contributed by atoms with Gasteiger partial charge < -0.3 is 18.9 Å². The van der Waals surface area contributed by atoms with Gasteiger partial charge in [0.05, 0.1) is 14.2 Å². The van der Waals surface area contributed by atoms with Crippen molar-refractivity contribution < 1.29 is 18.8 Å². The molecule has 144 valence electrons. The van der Waals surface area contributed by atoms with Gasteiger partial charge in [0, 0.05) is 55.0 Å². The highest BCUT2D eigenvalue weighted by Crippen LogP contribution is 2.31. The molecule has 2 aromatic heterocycles. The van der Waals surface area contributed by atoms with Crippen LogP contribution >= 0.6 is 0 Å². The fraction of sp³-hybridized carbons (Fsp3) is 0.300. The number of pyridine rings is 1. The summed E-state index contributed by atoms with van der Waals surface area (Å²) < 4.78 is 16.0. The van der Waals surface area contributed by atoms with Crippen molar-refractivity contribution in [2.24, 2.45) is 0 Å². The molecule has 0 aliphatic carbocycles. The first kappa shape index (κ1) is 18.0.